The Balaban J connectivity index is 1.28. The quantitative estimate of drug-likeness (QED) is 0.883. The summed E-state index contributed by atoms with van der Waals surface area (Å²) in [5.41, 5.74) is 0.871. The van der Waals surface area contributed by atoms with Gasteiger partial charge in [0.2, 0.25) is 0 Å². The Morgan fingerprint density at radius 2 is 2.26 bits per heavy atom. The van der Waals surface area contributed by atoms with Crippen molar-refractivity contribution >= 4 is 11.7 Å². The maximum Gasteiger partial charge on any atom is 0.322 e. The summed E-state index contributed by atoms with van der Waals surface area (Å²) < 4.78 is 7.45. The van der Waals surface area contributed by atoms with Gasteiger partial charge >= 0.3 is 6.03 Å². The van der Waals surface area contributed by atoms with Crippen molar-refractivity contribution in [2.75, 3.05) is 37.6 Å². The first-order chi connectivity index (χ1) is 11.2. The predicted molar refractivity (Wildman–Crippen MR) is 83.4 cm³/mol. The van der Waals surface area contributed by atoms with Gasteiger partial charge in [-0.05, 0) is 0 Å². The molecule has 0 atom stereocenters. The average Bonchev–Trinajstić information content (AvgIpc) is 3.19. The molecule has 2 aromatic heterocycles. The molecule has 0 aliphatic carbocycles. The number of nitrogens with one attached hydrogen (secondary N) is 1. The second kappa shape index (κ2) is 5.69. The third-order valence-corrected chi connectivity index (χ3v) is 4.41. The second-order valence-electron chi connectivity index (χ2n) is 6.07. The third-order valence-electron chi connectivity index (χ3n) is 4.41. The first kappa shape index (κ1) is 14.3. The molecule has 4 rings (SSSR count). The number of hydrogen-bond donors (Lipinski definition) is 1. The highest BCUT2D eigenvalue weighted by Crippen LogP contribution is 2.24. The molecule has 2 aromatic rings. The number of oxazole rings is 1. The summed E-state index contributed by atoms with van der Waals surface area (Å²) in [6.45, 7) is 6.17. The summed E-state index contributed by atoms with van der Waals surface area (Å²) in [6, 6.07) is 0.341. The van der Waals surface area contributed by atoms with Crippen LogP contribution in [-0.2, 0) is 6.42 Å². The smallest absolute Gasteiger partial charge is 0.322 e. The van der Waals surface area contributed by atoms with Crippen molar-refractivity contribution in [3.05, 3.63) is 30.2 Å². The van der Waals surface area contributed by atoms with Gasteiger partial charge in [-0.1, -0.05) is 0 Å². The molecule has 23 heavy (non-hydrogen) atoms. The van der Waals surface area contributed by atoms with Crippen molar-refractivity contribution in [2.45, 2.75) is 19.4 Å². The van der Waals surface area contributed by atoms with E-state index in [1.54, 1.807) is 17.3 Å². The summed E-state index contributed by atoms with van der Waals surface area (Å²) >= 11 is 0. The molecule has 4 heterocycles. The molecule has 0 bridgehead atoms. The molecular formula is C15H20N6O2. The fraction of sp³-hybridized carbons (Fsp3) is 0.533. The number of carbonyl (C=O) groups is 1. The number of hydrogen-bond acceptors (Lipinski definition) is 5. The fourth-order valence-corrected chi connectivity index (χ4v) is 3.07. The second-order valence-corrected chi connectivity index (χ2v) is 6.07. The summed E-state index contributed by atoms with van der Waals surface area (Å²) in [5, 5.41) is 7.22. The number of anilines is 1. The van der Waals surface area contributed by atoms with E-state index in [4.69, 9.17) is 4.42 Å². The number of aryl methyl sites for hydroxylation is 1. The van der Waals surface area contributed by atoms with E-state index in [-0.39, 0.29) is 6.03 Å². The third kappa shape index (κ3) is 2.81. The van der Waals surface area contributed by atoms with Crippen molar-refractivity contribution in [1.82, 2.24) is 25.0 Å². The highest BCUT2D eigenvalue weighted by Gasteiger charge is 2.30. The van der Waals surface area contributed by atoms with E-state index in [0.29, 0.717) is 19.1 Å². The summed E-state index contributed by atoms with van der Waals surface area (Å²) in [6.07, 6.45) is 6.41. The molecule has 2 aliphatic rings. The van der Waals surface area contributed by atoms with Crippen LogP contribution in [0.1, 0.15) is 17.7 Å². The lowest BCUT2D eigenvalue weighted by Crippen LogP contribution is -2.48. The molecule has 122 valence electrons. The van der Waals surface area contributed by atoms with Gasteiger partial charge in [-0.25, -0.2) is 9.78 Å². The molecular weight excluding hydrogens is 296 g/mol. The van der Waals surface area contributed by atoms with Crippen LogP contribution >= 0.6 is 0 Å². The summed E-state index contributed by atoms with van der Waals surface area (Å²) in [5.74, 6) is 1.66. The maximum atomic E-state index is 11.7. The molecule has 0 unspecified atom stereocenters. The SMILES string of the molecule is Cc1ncc(CCN2CC(n3cc(N4CCNC4=O)cn3)C2)o1. The van der Waals surface area contributed by atoms with Crippen molar-refractivity contribution in [3.8, 4) is 0 Å². The van der Waals surface area contributed by atoms with E-state index in [2.05, 4.69) is 20.3 Å². The van der Waals surface area contributed by atoms with Crippen LogP contribution in [0.4, 0.5) is 10.5 Å². The van der Waals surface area contributed by atoms with Crippen LogP contribution < -0.4 is 10.2 Å². The van der Waals surface area contributed by atoms with E-state index >= 15 is 0 Å². The van der Waals surface area contributed by atoms with Crippen molar-refractivity contribution in [3.63, 3.8) is 0 Å². The lowest BCUT2D eigenvalue weighted by molar-refractivity contribution is 0.0984. The van der Waals surface area contributed by atoms with Gasteiger partial charge in [-0.2, -0.15) is 5.10 Å². The van der Waals surface area contributed by atoms with Gasteiger partial charge in [0, 0.05) is 52.3 Å². The van der Waals surface area contributed by atoms with Gasteiger partial charge < -0.3 is 9.73 Å². The zero-order chi connectivity index (χ0) is 15.8. The Labute approximate surface area is 134 Å². The van der Waals surface area contributed by atoms with Crippen molar-refractivity contribution in [1.29, 1.82) is 0 Å². The van der Waals surface area contributed by atoms with Gasteiger partial charge in [0.05, 0.1) is 24.1 Å². The van der Waals surface area contributed by atoms with Crippen molar-refractivity contribution < 1.29 is 9.21 Å². The Morgan fingerprint density at radius 3 is 2.96 bits per heavy atom. The monoisotopic (exact) mass is 316 g/mol. The van der Waals surface area contributed by atoms with E-state index < -0.39 is 0 Å². The van der Waals surface area contributed by atoms with Gasteiger partial charge in [0.1, 0.15) is 5.76 Å². The lowest BCUT2D eigenvalue weighted by Gasteiger charge is -2.39. The van der Waals surface area contributed by atoms with E-state index in [1.165, 1.54) is 0 Å². The number of likely N-dealkylation sites (tertiary alicyclic amines) is 1. The number of amides is 2. The van der Waals surface area contributed by atoms with Crippen LogP contribution in [0.25, 0.3) is 0 Å². The molecule has 0 saturated carbocycles. The number of nitrogens with zero attached hydrogens (tertiary/aromatic N) is 5. The summed E-state index contributed by atoms with van der Waals surface area (Å²) in [7, 11) is 0. The molecule has 2 fully saturated rings. The Hall–Kier alpha value is -2.35. The molecule has 2 amide bonds. The average molecular weight is 316 g/mol. The largest absolute Gasteiger partial charge is 0.446 e. The fourth-order valence-electron chi connectivity index (χ4n) is 3.07. The first-order valence-electron chi connectivity index (χ1n) is 7.92. The van der Waals surface area contributed by atoms with Gasteiger partial charge in [-0.15, -0.1) is 0 Å². The van der Waals surface area contributed by atoms with Crippen LogP contribution in [0.15, 0.2) is 23.0 Å². The normalized spacial score (nSPS) is 19.2. The Bertz CT molecular complexity index is 702. The Kier molecular flexibility index (Phi) is 3.53. The molecule has 2 aliphatic heterocycles. The van der Waals surface area contributed by atoms with Crippen LogP contribution in [0, 0.1) is 6.92 Å². The van der Waals surface area contributed by atoms with Gasteiger partial charge in [0.15, 0.2) is 5.89 Å². The van der Waals surface area contributed by atoms with Crippen LogP contribution in [0.3, 0.4) is 0 Å². The van der Waals surface area contributed by atoms with Crippen LogP contribution in [-0.4, -0.2) is 58.4 Å². The zero-order valence-electron chi connectivity index (χ0n) is 13.1. The van der Waals surface area contributed by atoms with E-state index in [0.717, 1.165) is 43.4 Å². The van der Waals surface area contributed by atoms with Gasteiger partial charge in [0.25, 0.3) is 0 Å². The minimum Gasteiger partial charge on any atom is -0.446 e. The topological polar surface area (TPSA) is 79.4 Å². The van der Waals surface area contributed by atoms with E-state index in [1.807, 2.05) is 17.8 Å². The number of rotatable bonds is 5. The number of carbonyl (C=O) groups excluding carboxylic acids is 1. The standard InChI is InChI=1S/C15H20N6O2/c1-11-17-7-14(23-11)2-4-19-8-13(9-19)21-10-12(6-18-21)20-5-3-16-15(20)22/h6-7,10,13H,2-5,8-9H2,1H3,(H,16,22). The molecule has 0 spiro atoms. The highest BCUT2D eigenvalue weighted by atomic mass is 16.4. The van der Waals surface area contributed by atoms with Gasteiger partial charge in [-0.3, -0.25) is 14.5 Å². The van der Waals surface area contributed by atoms with Crippen LogP contribution in [0.2, 0.25) is 0 Å². The molecule has 1 N–H and O–H groups in total. The molecule has 2 saturated heterocycles. The number of aromatic nitrogens is 3. The minimum absolute atomic E-state index is 0.0397. The van der Waals surface area contributed by atoms with E-state index in [9.17, 15) is 4.79 Å². The lowest BCUT2D eigenvalue weighted by atomic mass is 10.1. The predicted octanol–water partition coefficient (Wildman–Crippen LogP) is 0.809. The Morgan fingerprint density at radius 1 is 1.39 bits per heavy atom. The summed E-state index contributed by atoms with van der Waals surface area (Å²) in [4.78, 5) is 19.9. The molecule has 0 radical (unpaired) electrons. The molecule has 0 aromatic carbocycles. The zero-order valence-corrected chi connectivity index (χ0v) is 13.1. The first-order valence-corrected chi connectivity index (χ1v) is 7.92. The number of urea groups is 1. The maximum absolute atomic E-state index is 11.7. The molecule has 8 nitrogen and oxygen atoms in total. The van der Waals surface area contributed by atoms with Crippen molar-refractivity contribution in [2.24, 2.45) is 0 Å². The highest BCUT2D eigenvalue weighted by molar-refractivity contribution is 5.93. The minimum atomic E-state index is -0.0397. The molecule has 8 heteroatoms. The van der Waals surface area contributed by atoms with Crippen LogP contribution in [0.5, 0.6) is 0 Å².